The lowest BCUT2D eigenvalue weighted by molar-refractivity contribution is -0.167. The molecule has 58 heavy (non-hydrogen) atoms. The van der Waals surface area contributed by atoms with E-state index in [-0.39, 0.29) is 31.1 Å². The Hall–Kier alpha value is -2.11. The Morgan fingerprint density at radius 2 is 0.621 bits per heavy atom. The van der Waals surface area contributed by atoms with Crippen molar-refractivity contribution < 1.29 is 28.6 Å². The number of rotatable bonds is 46. The number of unbranched alkanes of at least 4 members (excludes halogenated alkanes) is 31. The van der Waals surface area contributed by atoms with Gasteiger partial charge in [0.2, 0.25) is 0 Å². The van der Waals surface area contributed by atoms with Crippen LogP contribution in [-0.4, -0.2) is 37.2 Å². The summed E-state index contributed by atoms with van der Waals surface area (Å²) in [6.45, 7) is 6.62. The second-order valence-corrected chi connectivity index (χ2v) is 17.1. The Balaban J connectivity index is 4.36. The van der Waals surface area contributed by atoms with Crippen LogP contribution >= 0.6 is 0 Å². The van der Waals surface area contributed by atoms with E-state index in [1.165, 1.54) is 154 Å². The summed E-state index contributed by atoms with van der Waals surface area (Å²) in [5.41, 5.74) is 0. The summed E-state index contributed by atoms with van der Waals surface area (Å²) < 4.78 is 16.8. The molecule has 0 aliphatic rings. The van der Waals surface area contributed by atoms with Crippen LogP contribution in [0, 0.1) is 0 Å². The highest BCUT2D eigenvalue weighted by molar-refractivity contribution is 5.71. The van der Waals surface area contributed by atoms with Crippen molar-refractivity contribution >= 4 is 17.9 Å². The maximum absolute atomic E-state index is 12.8. The van der Waals surface area contributed by atoms with E-state index in [2.05, 4.69) is 45.1 Å². The van der Waals surface area contributed by atoms with Crippen molar-refractivity contribution in [3.05, 3.63) is 24.3 Å². The molecule has 0 aromatic carbocycles. The van der Waals surface area contributed by atoms with Crippen LogP contribution in [0.15, 0.2) is 24.3 Å². The first-order valence-electron chi connectivity index (χ1n) is 25.3. The van der Waals surface area contributed by atoms with Crippen molar-refractivity contribution in [1.82, 2.24) is 0 Å². The summed E-state index contributed by atoms with van der Waals surface area (Å²) in [6, 6.07) is 0. The van der Waals surface area contributed by atoms with Crippen LogP contribution < -0.4 is 0 Å². The number of carbonyl (C=O) groups excluding carboxylic acids is 3. The second kappa shape index (κ2) is 47.6. The molecule has 0 aromatic heterocycles. The van der Waals surface area contributed by atoms with Crippen molar-refractivity contribution in [3.63, 3.8) is 0 Å². The van der Waals surface area contributed by atoms with Gasteiger partial charge in [0.1, 0.15) is 13.2 Å². The molecule has 0 fully saturated rings. The fourth-order valence-corrected chi connectivity index (χ4v) is 7.36. The van der Waals surface area contributed by atoms with E-state index < -0.39 is 6.10 Å². The molecule has 0 bridgehead atoms. The molecule has 0 heterocycles. The molecule has 340 valence electrons. The predicted octanol–water partition coefficient (Wildman–Crippen LogP) is 16.4. The predicted molar refractivity (Wildman–Crippen MR) is 247 cm³/mol. The van der Waals surface area contributed by atoms with Gasteiger partial charge in [-0.3, -0.25) is 14.4 Å². The third-order valence-electron chi connectivity index (χ3n) is 11.2. The Morgan fingerprint density at radius 1 is 0.345 bits per heavy atom. The van der Waals surface area contributed by atoms with E-state index in [0.29, 0.717) is 19.3 Å². The van der Waals surface area contributed by atoms with Crippen LogP contribution in [0.3, 0.4) is 0 Å². The quantitative estimate of drug-likeness (QED) is 0.0263. The standard InChI is InChI=1S/C52H96O6/c1-4-7-10-13-16-19-22-25-26-28-30-33-36-39-42-45-51(54)57-48-49(47-56-50(53)44-41-38-35-32-29-24-21-18-15-12-9-6-3)58-52(55)46-43-40-37-34-31-27-23-20-17-14-11-8-5-2/h16,19,25-26,49H,4-15,17-18,20-24,27-48H2,1-3H3/b19-16-,26-25-/t49-/m1/s1. The maximum Gasteiger partial charge on any atom is 0.306 e. The van der Waals surface area contributed by atoms with Gasteiger partial charge in [-0.1, -0.05) is 225 Å². The Morgan fingerprint density at radius 3 is 0.983 bits per heavy atom. The molecule has 0 spiro atoms. The normalized spacial score (nSPS) is 12.1. The highest BCUT2D eigenvalue weighted by Crippen LogP contribution is 2.16. The number of hydrogen-bond acceptors (Lipinski definition) is 6. The SMILES string of the molecule is CCCCC/C=C\C/C=C\CCCCCCCC(=O)OC[C@@H](COC(=O)CCCCCCCCCCCCCC)OC(=O)CCCCCCCCCCCCCCC. The number of carbonyl (C=O) groups is 3. The fourth-order valence-electron chi connectivity index (χ4n) is 7.36. The summed E-state index contributed by atoms with van der Waals surface area (Å²) in [4.78, 5) is 37.9. The van der Waals surface area contributed by atoms with Crippen molar-refractivity contribution in [2.24, 2.45) is 0 Å². The Bertz CT molecular complexity index is 942. The highest BCUT2D eigenvalue weighted by Gasteiger charge is 2.19. The molecule has 0 aliphatic carbocycles. The van der Waals surface area contributed by atoms with E-state index in [4.69, 9.17) is 14.2 Å². The topological polar surface area (TPSA) is 78.9 Å². The third-order valence-corrected chi connectivity index (χ3v) is 11.2. The van der Waals surface area contributed by atoms with Gasteiger partial charge >= 0.3 is 17.9 Å². The minimum atomic E-state index is -0.769. The zero-order valence-corrected chi connectivity index (χ0v) is 38.8. The molecule has 6 nitrogen and oxygen atoms in total. The van der Waals surface area contributed by atoms with Crippen molar-refractivity contribution in [2.75, 3.05) is 13.2 Å². The van der Waals surface area contributed by atoms with Crippen LogP contribution in [0.4, 0.5) is 0 Å². The fraction of sp³-hybridized carbons (Fsp3) is 0.865. The summed E-state index contributed by atoms with van der Waals surface area (Å²) in [5, 5.41) is 0. The van der Waals surface area contributed by atoms with E-state index in [1.807, 2.05) is 0 Å². The van der Waals surface area contributed by atoms with E-state index in [9.17, 15) is 14.4 Å². The second-order valence-electron chi connectivity index (χ2n) is 17.1. The number of allylic oxidation sites excluding steroid dienone is 4. The molecular formula is C52H96O6. The largest absolute Gasteiger partial charge is 0.462 e. The lowest BCUT2D eigenvalue weighted by Gasteiger charge is -2.18. The summed E-state index contributed by atoms with van der Waals surface area (Å²) in [7, 11) is 0. The minimum absolute atomic E-state index is 0.0710. The number of hydrogen-bond donors (Lipinski definition) is 0. The zero-order chi connectivity index (χ0) is 42.3. The van der Waals surface area contributed by atoms with E-state index in [0.717, 1.165) is 77.0 Å². The van der Waals surface area contributed by atoms with Crippen molar-refractivity contribution in [1.29, 1.82) is 0 Å². The molecule has 0 N–H and O–H groups in total. The molecule has 0 aliphatic heterocycles. The van der Waals surface area contributed by atoms with Gasteiger partial charge in [-0.25, -0.2) is 0 Å². The van der Waals surface area contributed by atoms with Crippen LogP contribution in [0.5, 0.6) is 0 Å². The average Bonchev–Trinajstić information content (AvgIpc) is 3.22. The first-order chi connectivity index (χ1) is 28.5. The van der Waals surface area contributed by atoms with Crippen LogP contribution in [0.25, 0.3) is 0 Å². The molecular weight excluding hydrogens is 721 g/mol. The van der Waals surface area contributed by atoms with Crippen molar-refractivity contribution in [2.45, 2.75) is 277 Å². The molecule has 0 saturated carbocycles. The Kier molecular flexibility index (Phi) is 45.8. The molecule has 1 atom stereocenters. The molecule has 0 radical (unpaired) electrons. The lowest BCUT2D eigenvalue weighted by Crippen LogP contribution is -2.30. The maximum atomic E-state index is 12.8. The van der Waals surface area contributed by atoms with Gasteiger partial charge in [0, 0.05) is 19.3 Å². The van der Waals surface area contributed by atoms with Crippen LogP contribution in [-0.2, 0) is 28.6 Å². The highest BCUT2D eigenvalue weighted by atomic mass is 16.6. The molecule has 6 heteroatoms. The van der Waals surface area contributed by atoms with Gasteiger partial charge in [0.25, 0.3) is 0 Å². The third kappa shape index (κ3) is 45.0. The summed E-state index contributed by atoms with van der Waals surface area (Å²) in [5.74, 6) is -0.873. The molecule has 0 rings (SSSR count). The van der Waals surface area contributed by atoms with Gasteiger partial charge < -0.3 is 14.2 Å². The van der Waals surface area contributed by atoms with Crippen LogP contribution in [0.1, 0.15) is 271 Å². The summed E-state index contributed by atoms with van der Waals surface area (Å²) in [6.07, 6.45) is 52.9. The van der Waals surface area contributed by atoms with Gasteiger partial charge in [-0.2, -0.15) is 0 Å². The van der Waals surface area contributed by atoms with Gasteiger partial charge in [0.05, 0.1) is 0 Å². The summed E-state index contributed by atoms with van der Waals surface area (Å²) >= 11 is 0. The molecule has 0 aromatic rings. The van der Waals surface area contributed by atoms with E-state index in [1.54, 1.807) is 0 Å². The monoisotopic (exact) mass is 817 g/mol. The zero-order valence-electron chi connectivity index (χ0n) is 38.8. The minimum Gasteiger partial charge on any atom is -0.462 e. The van der Waals surface area contributed by atoms with Gasteiger partial charge in [-0.05, 0) is 51.4 Å². The first kappa shape index (κ1) is 55.9. The van der Waals surface area contributed by atoms with Crippen molar-refractivity contribution in [3.8, 4) is 0 Å². The number of ether oxygens (including phenoxy) is 3. The van der Waals surface area contributed by atoms with Crippen LogP contribution in [0.2, 0.25) is 0 Å². The lowest BCUT2D eigenvalue weighted by atomic mass is 10.0. The smallest absolute Gasteiger partial charge is 0.306 e. The molecule has 0 saturated heterocycles. The molecule has 0 amide bonds. The first-order valence-corrected chi connectivity index (χ1v) is 25.3. The average molecular weight is 817 g/mol. The van der Waals surface area contributed by atoms with Gasteiger partial charge in [0.15, 0.2) is 6.10 Å². The Labute approximate surface area is 360 Å². The number of esters is 3. The molecule has 0 unspecified atom stereocenters. The van der Waals surface area contributed by atoms with E-state index >= 15 is 0 Å². The van der Waals surface area contributed by atoms with Gasteiger partial charge in [-0.15, -0.1) is 0 Å².